The highest BCUT2D eigenvalue weighted by Gasteiger charge is 2.12. The Labute approximate surface area is 112 Å². The summed E-state index contributed by atoms with van der Waals surface area (Å²) in [7, 11) is 0. The second kappa shape index (κ2) is 5.87. The van der Waals surface area contributed by atoms with Crippen molar-refractivity contribution in [1.29, 1.82) is 0 Å². The first-order valence-electron chi connectivity index (χ1n) is 5.51. The van der Waals surface area contributed by atoms with Crippen LogP contribution in [0.4, 0.5) is 4.39 Å². The topological polar surface area (TPSA) is 89.4 Å². The van der Waals surface area contributed by atoms with Crippen LogP contribution in [0.15, 0.2) is 30.7 Å². The number of aromatic nitrogens is 2. The highest BCUT2D eigenvalue weighted by Crippen LogP contribution is 2.17. The highest BCUT2D eigenvalue weighted by atomic mass is 19.1. The Balaban J connectivity index is 2.19. The molecule has 0 saturated heterocycles. The molecule has 0 fully saturated rings. The second-order valence-electron chi connectivity index (χ2n) is 3.82. The van der Waals surface area contributed by atoms with Crippen molar-refractivity contribution in [3.05, 3.63) is 53.4 Å². The summed E-state index contributed by atoms with van der Waals surface area (Å²) in [5.74, 6) is -1.69. The van der Waals surface area contributed by atoms with Gasteiger partial charge in [-0.1, -0.05) is 0 Å². The van der Waals surface area contributed by atoms with Gasteiger partial charge >= 0.3 is 5.97 Å². The van der Waals surface area contributed by atoms with Crippen molar-refractivity contribution in [3.63, 3.8) is 0 Å². The highest BCUT2D eigenvalue weighted by molar-refractivity contribution is 5.88. The van der Waals surface area contributed by atoms with Crippen molar-refractivity contribution < 1.29 is 23.8 Å². The molecule has 102 valence electrons. The Bertz CT molecular complexity index is 661. The van der Waals surface area contributed by atoms with Gasteiger partial charge in [-0.3, -0.25) is 4.79 Å². The lowest BCUT2D eigenvalue weighted by molar-refractivity contribution is 0.0692. The lowest BCUT2D eigenvalue weighted by atomic mass is 10.2. The van der Waals surface area contributed by atoms with Crippen molar-refractivity contribution in [2.75, 3.05) is 0 Å². The molecule has 7 heteroatoms. The van der Waals surface area contributed by atoms with Crippen molar-refractivity contribution in [2.45, 2.75) is 6.61 Å². The molecule has 0 radical (unpaired) electrons. The number of nitrogens with zero attached hydrogens (tertiary/aromatic N) is 2. The molecule has 0 unspecified atom stereocenters. The fraction of sp³-hybridized carbons (Fsp3) is 0.0769. The summed E-state index contributed by atoms with van der Waals surface area (Å²) in [5.41, 5.74) is 0.185. The first-order chi connectivity index (χ1) is 9.60. The standard InChI is InChI=1S/C13H9FN2O4/c14-9-1-8(5-17)2-10(3-9)20-6-12-11(13(18)19)4-15-7-16-12/h1-5,7H,6H2,(H,18,19). The van der Waals surface area contributed by atoms with Gasteiger partial charge in [-0.15, -0.1) is 0 Å². The Morgan fingerprint density at radius 1 is 1.40 bits per heavy atom. The quantitative estimate of drug-likeness (QED) is 0.836. The number of carbonyl (C=O) groups is 2. The first kappa shape index (κ1) is 13.6. The molecule has 0 saturated carbocycles. The third-order valence-corrected chi connectivity index (χ3v) is 2.43. The second-order valence-corrected chi connectivity index (χ2v) is 3.82. The van der Waals surface area contributed by atoms with Crippen LogP contribution < -0.4 is 4.74 Å². The van der Waals surface area contributed by atoms with Gasteiger partial charge in [0.1, 0.15) is 36.4 Å². The van der Waals surface area contributed by atoms with Crippen molar-refractivity contribution in [1.82, 2.24) is 9.97 Å². The fourth-order valence-electron chi connectivity index (χ4n) is 1.54. The Morgan fingerprint density at radius 3 is 2.90 bits per heavy atom. The van der Waals surface area contributed by atoms with Gasteiger partial charge in [0.25, 0.3) is 0 Å². The van der Waals surface area contributed by atoms with E-state index in [4.69, 9.17) is 9.84 Å². The number of carboxylic acid groups (broad SMARTS) is 1. The molecule has 0 aliphatic carbocycles. The van der Waals surface area contributed by atoms with Crippen LogP contribution in [0.3, 0.4) is 0 Å². The smallest absolute Gasteiger partial charge is 0.339 e. The molecule has 1 aromatic heterocycles. The number of benzene rings is 1. The molecule has 0 bridgehead atoms. The van der Waals surface area contributed by atoms with Gasteiger partial charge in [-0.05, 0) is 12.1 Å². The normalized spacial score (nSPS) is 10.1. The van der Waals surface area contributed by atoms with Crippen LogP contribution in [0, 0.1) is 5.82 Å². The minimum atomic E-state index is -1.18. The summed E-state index contributed by atoms with van der Waals surface area (Å²) in [6.45, 7) is -0.175. The monoisotopic (exact) mass is 276 g/mol. The fourth-order valence-corrected chi connectivity index (χ4v) is 1.54. The molecule has 0 spiro atoms. The van der Waals surface area contributed by atoms with Crippen molar-refractivity contribution >= 4 is 12.3 Å². The van der Waals surface area contributed by atoms with Gasteiger partial charge in [-0.25, -0.2) is 19.2 Å². The zero-order valence-corrected chi connectivity index (χ0v) is 10.1. The zero-order chi connectivity index (χ0) is 14.5. The van der Waals surface area contributed by atoms with Gasteiger partial charge < -0.3 is 9.84 Å². The van der Waals surface area contributed by atoms with Gasteiger partial charge in [0.15, 0.2) is 0 Å². The Hall–Kier alpha value is -2.83. The lowest BCUT2D eigenvalue weighted by Gasteiger charge is -2.08. The van der Waals surface area contributed by atoms with Crippen molar-refractivity contribution in [2.24, 2.45) is 0 Å². The summed E-state index contributed by atoms with van der Waals surface area (Å²) in [5, 5.41) is 8.95. The lowest BCUT2D eigenvalue weighted by Crippen LogP contribution is -2.08. The van der Waals surface area contributed by atoms with Crippen LogP contribution in [-0.4, -0.2) is 27.3 Å². The first-order valence-corrected chi connectivity index (χ1v) is 5.51. The molecular weight excluding hydrogens is 267 g/mol. The van der Waals surface area contributed by atoms with Crippen molar-refractivity contribution in [3.8, 4) is 5.75 Å². The maximum absolute atomic E-state index is 13.2. The molecule has 1 N–H and O–H groups in total. The van der Waals surface area contributed by atoms with Crippen LogP contribution in [0.5, 0.6) is 5.75 Å². The SMILES string of the molecule is O=Cc1cc(F)cc(OCc2ncncc2C(=O)O)c1. The molecule has 0 atom stereocenters. The molecule has 0 amide bonds. The number of ether oxygens (including phenoxy) is 1. The number of aromatic carboxylic acids is 1. The van der Waals surface area contributed by atoms with E-state index in [9.17, 15) is 14.0 Å². The summed E-state index contributed by atoms with van der Waals surface area (Å²) in [4.78, 5) is 29.0. The average molecular weight is 276 g/mol. The maximum atomic E-state index is 13.2. The Kier molecular flexibility index (Phi) is 3.99. The molecule has 1 aromatic carbocycles. The van der Waals surface area contributed by atoms with E-state index >= 15 is 0 Å². The molecule has 6 nitrogen and oxygen atoms in total. The van der Waals surface area contributed by atoms with Gasteiger partial charge in [-0.2, -0.15) is 0 Å². The van der Waals surface area contributed by atoms with E-state index in [0.29, 0.717) is 6.29 Å². The molecule has 20 heavy (non-hydrogen) atoms. The van der Waals surface area contributed by atoms with Crippen LogP contribution in [0.2, 0.25) is 0 Å². The predicted octanol–water partition coefficient (Wildman–Crippen LogP) is 1.71. The largest absolute Gasteiger partial charge is 0.487 e. The van der Waals surface area contributed by atoms with Crippen LogP contribution in [0.25, 0.3) is 0 Å². The van der Waals surface area contributed by atoms with Gasteiger partial charge in [0.2, 0.25) is 0 Å². The van der Waals surface area contributed by atoms with E-state index in [-0.39, 0.29) is 29.2 Å². The number of aldehydes is 1. The van der Waals surface area contributed by atoms with Crippen LogP contribution in [-0.2, 0) is 6.61 Å². The number of hydrogen-bond acceptors (Lipinski definition) is 5. The van der Waals surface area contributed by atoms with E-state index in [1.54, 1.807) is 0 Å². The molecular formula is C13H9FN2O4. The molecule has 0 aliphatic heterocycles. The third kappa shape index (κ3) is 3.14. The summed E-state index contributed by atoms with van der Waals surface area (Å²) in [6, 6.07) is 3.50. The molecule has 0 aliphatic rings. The average Bonchev–Trinajstić information content (AvgIpc) is 2.44. The van der Waals surface area contributed by atoms with E-state index in [1.807, 2.05) is 0 Å². The molecule has 2 aromatic rings. The minimum Gasteiger partial charge on any atom is -0.487 e. The number of carboxylic acids is 1. The summed E-state index contributed by atoms with van der Waals surface area (Å²) in [6.07, 6.45) is 2.83. The van der Waals surface area contributed by atoms with Crippen LogP contribution in [0.1, 0.15) is 26.4 Å². The van der Waals surface area contributed by atoms with Gasteiger partial charge in [0.05, 0.1) is 5.69 Å². The van der Waals surface area contributed by atoms with Crippen LogP contribution >= 0.6 is 0 Å². The van der Waals surface area contributed by atoms with E-state index in [0.717, 1.165) is 18.3 Å². The van der Waals surface area contributed by atoms with Gasteiger partial charge in [0, 0.05) is 17.8 Å². The zero-order valence-electron chi connectivity index (χ0n) is 10.1. The number of carbonyl (C=O) groups excluding carboxylic acids is 1. The Morgan fingerprint density at radius 2 is 2.20 bits per heavy atom. The third-order valence-electron chi connectivity index (χ3n) is 2.43. The minimum absolute atomic E-state index is 0.0977. The van der Waals surface area contributed by atoms with E-state index in [2.05, 4.69) is 9.97 Å². The number of hydrogen-bond donors (Lipinski definition) is 1. The summed E-state index contributed by atoms with van der Waals surface area (Å²) < 4.78 is 18.4. The number of halogens is 1. The molecule has 2 rings (SSSR count). The molecule has 1 heterocycles. The predicted molar refractivity (Wildman–Crippen MR) is 65.1 cm³/mol. The van der Waals surface area contributed by atoms with E-state index in [1.165, 1.54) is 12.4 Å². The van der Waals surface area contributed by atoms with E-state index < -0.39 is 11.8 Å². The summed E-state index contributed by atoms with van der Waals surface area (Å²) >= 11 is 0. The maximum Gasteiger partial charge on any atom is 0.339 e. The number of rotatable bonds is 5.